The molecule has 11 aromatic carbocycles. The average molecular weight is 804 g/mol. The van der Waals surface area contributed by atoms with Gasteiger partial charge in [0.05, 0.1) is 0 Å². The largest absolute Gasteiger partial charge is 0.310 e. The number of hydrogen-bond donors (Lipinski definition) is 0. The fraction of sp³-hybridized carbons (Fsp3) is 0.0323. The lowest BCUT2D eigenvalue weighted by molar-refractivity contribution is 1.26. The summed E-state index contributed by atoms with van der Waals surface area (Å²) in [7, 11) is 0. The van der Waals surface area contributed by atoms with Crippen LogP contribution in [0.2, 0.25) is 0 Å². The first-order valence-electron chi connectivity index (χ1n) is 21.8. The monoisotopic (exact) mass is 803 g/mol. The lowest BCUT2D eigenvalue weighted by Gasteiger charge is -2.26. The SMILES string of the molecule is Cc1cccc(N(c2ccc(-c3c4ccccc4c(-c4ccc(C=Cc5ccc(-c6cccc7ccccc67)c6ccccc56)cc4)c4ccccc34)cc2)c2cccc(C)c2)c1. The predicted molar refractivity (Wildman–Crippen MR) is 272 cm³/mol. The summed E-state index contributed by atoms with van der Waals surface area (Å²) in [6.45, 7) is 4.31. The summed E-state index contributed by atoms with van der Waals surface area (Å²) in [5, 5.41) is 10.0. The highest BCUT2D eigenvalue weighted by molar-refractivity contribution is 6.21. The van der Waals surface area contributed by atoms with Gasteiger partial charge in [-0.1, -0.05) is 200 Å². The van der Waals surface area contributed by atoms with Crippen molar-refractivity contribution in [2.45, 2.75) is 13.8 Å². The molecule has 0 saturated carbocycles. The van der Waals surface area contributed by atoms with Gasteiger partial charge in [-0.2, -0.15) is 0 Å². The van der Waals surface area contributed by atoms with Crippen LogP contribution in [-0.4, -0.2) is 0 Å². The van der Waals surface area contributed by atoms with Crippen LogP contribution in [-0.2, 0) is 0 Å². The maximum atomic E-state index is 2.35. The maximum Gasteiger partial charge on any atom is 0.0464 e. The molecule has 0 unspecified atom stereocenters. The van der Waals surface area contributed by atoms with Crippen molar-refractivity contribution >= 4 is 72.3 Å². The van der Waals surface area contributed by atoms with Gasteiger partial charge in [-0.15, -0.1) is 0 Å². The van der Waals surface area contributed by atoms with Crippen molar-refractivity contribution in [3.05, 3.63) is 247 Å². The second-order valence-electron chi connectivity index (χ2n) is 16.6. The van der Waals surface area contributed by atoms with E-state index in [0.717, 1.165) is 22.6 Å². The molecule has 0 atom stereocenters. The molecule has 0 aliphatic rings. The van der Waals surface area contributed by atoms with Crippen molar-refractivity contribution < 1.29 is 0 Å². The molecule has 0 spiro atoms. The summed E-state index contributed by atoms with van der Waals surface area (Å²) in [6.07, 6.45) is 4.50. The van der Waals surface area contributed by atoms with Crippen molar-refractivity contribution in [2.75, 3.05) is 4.90 Å². The normalized spacial score (nSPS) is 11.6. The van der Waals surface area contributed by atoms with Crippen LogP contribution in [0.5, 0.6) is 0 Å². The number of anilines is 3. The van der Waals surface area contributed by atoms with Crippen LogP contribution in [0.15, 0.2) is 224 Å². The molecule has 0 aliphatic heterocycles. The summed E-state index contributed by atoms with van der Waals surface area (Å²) < 4.78 is 0. The van der Waals surface area contributed by atoms with Gasteiger partial charge in [0.1, 0.15) is 0 Å². The smallest absolute Gasteiger partial charge is 0.0464 e. The third-order valence-electron chi connectivity index (χ3n) is 12.6. The van der Waals surface area contributed by atoms with Crippen LogP contribution in [0.4, 0.5) is 17.1 Å². The van der Waals surface area contributed by atoms with Gasteiger partial charge in [0.15, 0.2) is 0 Å². The fourth-order valence-corrected chi connectivity index (χ4v) is 9.62. The average Bonchev–Trinajstić information content (AvgIpc) is 3.33. The molecular weight excluding hydrogens is 759 g/mol. The lowest BCUT2D eigenvalue weighted by Crippen LogP contribution is -2.10. The van der Waals surface area contributed by atoms with E-state index in [-0.39, 0.29) is 0 Å². The Morgan fingerprint density at radius 3 is 1.35 bits per heavy atom. The summed E-state index contributed by atoms with van der Waals surface area (Å²) in [5.74, 6) is 0. The Hall–Kier alpha value is -8.00. The zero-order chi connectivity index (χ0) is 42.3. The molecule has 0 amide bonds. The summed E-state index contributed by atoms with van der Waals surface area (Å²) in [4.78, 5) is 2.35. The van der Waals surface area contributed by atoms with Crippen LogP contribution in [0, 0.1) is 13.8 Å². The molecule has 0 heterocycles. The molecule has 298 valence electrons. The van der Waals surface area contributed by atoms with Gasteiger partial charge in [0.25, 0.3) is 0 Å². The van der Waals surface area contributed by atoms with Crippen LogP contribution in [0.1, 0.15) is 22.3 Å². The maximum absolute atomic E-state index is 2.35. The Labute approximate surface area is 369 Å². The van der Waals surface area contributed by atoms with E-state index in [1.165, 1.54) is 93.2 Å². The van der Waals surface area contributed by atoms with E-state index >= 15 is 0 Å². The zero-order valence-electron chi connectivity index (χ0n) is 35.5. The molecule has 63 heavy (non-hydrogen) atoms. The molecule has 1 nitrogen and oxygen atoms in total. The van der Waals surface area contributed by atoms with Crippen LogP contribution < -0.4 is 4.90 Å². The van der Waals surface area contributed by atoms with Crippen molar-refractivity contribution in [3.8, 4) is 33.4 Å². The molecule has 11 rings (SSSR count). The van der Waals surface area contributed by atoms with Crippen molar-refractivity contribution in [1.29, 1.82) is 0 Å². The first-order chi connectivity index (χ1) is 31.1. The van der Waals surface area contributed by atoms with Crippen LogP contribution in [0.3, 0.4) is 0 Å². The van der Waals surface area contributed by atoms with Gasteiger partial charge in [0, 0.05) is 17.1 Å². The van der Waals surface area contributed by atoms with E-state index in [0.29, 0.717) is 0 Å². The minimum atomic E-state index is 1.13. The quantitative estimate of drug-likeness (QED) is 0.109. The first-order valence-corrected chi connectivity index (χ1v) is 21.8. The Kier molecular flexibility index (Phi) is 9.71. The van der Waals surface area contributed by atoms with Gasteiger partial charge in [-0.25, -0.2) is 0 Å². The Bertz CT molecular complexity index is 3410. The Balaban J connectivity index is 0.951. The first kappa shape index (κ1) is 38.0. The Morgan fingerprint density at radius 2 is 0.778 bits per heavy atom. The molecule has 11 aromatic rings. The molecular formula is C62H45N. The number of nitrogens with zero attached hydrogens (tertiary/aromatic N) is 1. The van der Waals surface area contributed by atoms with E-state index in [1.54, 1.807) is 0 Å². The predicted octanol–water partition coefficient (Wildman–Crippen LogP) is 17.6. The summed E-state index contributed by atoms with van der Waals surface area (Å²) in [5.41, 5.74) is 15.7. The molecule has 0 fully saturated rings. The number of rotatable bonds is 8. The molecule has 0 N–H and O–H groups in total. The van der Waals surface area contributed by atoms with Gasteiger partial charge in [-0.05, 0) is 149 Å². The summed E-state index contributed by atoms with van der Waals surface area (Å²) in [6, 6.07) is 82.1. The second kappa shape index (κ2) is 16.1. The standard InChI is InChI=1S/C62H45N/c1-42-14-11-18-50(40-42)63(51-19-12-15-43(2)41-51)49-37-34-48(35-38-49)62-59-25-9-7-23-57(59)61(58-24-8-10-26-60(58)62)47-32-29-44(30-33-47)28-31-46-36-39-56(54-22-6-5-21-53(46)54)55-27-13-17-45-16-3-4-20-52(45)55/h3-41H,1-2H3. The fourth-order valence-electron chi connectivity index (χ4n) is 9.62. The van der Waals surface area contributed by atoms with E-state index in [9.17, 15) is 0 Å². The molecule has 0 aliphatic carbocycles. The van der Waals surface area contributed by atoms with Crippen molar-refractivity contribution in [3.63, 3.8) is 0 Å². The highest BCUT2D eigenvalue weighted by Gasteiger charge is 2.18. The number of aryl methyl sites for hydroxylation is 2. The van der Waals surface area contributed by atoms with Gasteiger partial charge < -0.3 is 4.90 Å². The molecule has 0 aromatic heterocycles. The molecule has 0 bridgehead atoms. The Morgan fingerprint density at radius 1 is 0.317 bits per heavy atom. The third kappa shape index (κ3) is 7.04. The minimum absolute atomic E-state index is 1.13. The van der Waals surface area contributed by atoms with Gasteiger partial charge in [0.2, 0.25) is 0 Å². The van der Waals surface area contributed by atoms with Crippen LogP contribution >= 0.6 is 0 Å². The zero-order valence-corrected chi connectivity index (χ0v) is 35.5. The van der Waals surface area contributed by atoms with E-state index in [2.05, 4.69) is 255 Å². The number of hydrogen-bond acceptors (Lipinski definition) is 1. The van der Waals surface area contributed by atoms with Crippen LogP contribution in [0.25, 0.3) is 88.6 Å². The number of benzene rings is 11. The van der Waals surface area contributed by atoms with Gasteiger partial charge in [-0.3, -0.25) is 0 Å². The van der Waals surface area contributed by atoms with E-state index < -0.39 is 0 Å². The van der Waals surface area contributed by atoms with E-state index in [1.807, 2.05) is 0 Å². The third-order valence-corrected chi connectivity index (χ3v) is 12.6. The molecule has 0 saturated heterocycles. The lowest BCUT2D eigenvalue weighted by atomic mass is 9.86. The molecule has 1 heteroatoms. The minimum Gasteiger partial charge on any atom is -0.310 e. The van der Waals surface area contributed by atoms with E-state index in [4.69, 9.17) is 0 Å². The van der Waals surface area contributed by atoms with Crippen molar-refractivity contribution in [1.82, 2.24) is 0 Å². The molecule has 0 radical (unpaired) electrons. The highest BCUT2D eigenvalue weighted by atomic mass is 15.1. The highest BCUT2D eigenvalue weighted by Crippen LogP contribution is 2.45. The van der Waals surface area contributed by atoms with Crippen molar-refractivity contribution in [2.24, 2.45) is 0 Å². The topological polar surface area (TPSA) is 3.24 Å². The number of fused-ring (bicyclic) bond motifs is 4. The summed E-state index contributed by atoms with van der Waals surface area (Å²) >= 11 is 0. The van der Waals surface area contributed by atoms with Gasteiger partial charge >= 0.3 is 0 Å². The second-order valence-corrected chi connectivity index (χ2v) is 16.6.